The first-order chi connectivity index (χ1) is 5.22. The predicted molar refractivity (Wildman–Crippen MR) is 38.2 cm³/mol. The summed E-state index contributed by atoms with van der Waals surface area (Å²) in [7, 11) is 0. The van der Waals surface area contributed by atoms with Crippen LogP contribution >= 0.6 is 0 Å². The normalized spacial score (nSPS) is 19.6. The Morgan fingerprint density at radius 1 is 1.36 bits per heavy atom. The van der Waals surface area contributed by atoms with Crippen LogP contribution < -0.4 is 0 Å². The topological polar surface area (TPSA) is 57.6 Å². The van der Waals surface area contributed by atoms with Gasteiger partial charge in [-0.05, 0) is 12.8 Å². The molecular formula is C7H11NO3. The fraction of sp³-hybridized carbons (Fsp3) is 0.714. The Hall–Kier alpha value is -1.06. The van der Waals surface area contributed by atoms with Gasteiger partial charge in [0.2, 0.25) is 5.91 Å². The fourth-order valence-electron chi connectivity index (χ4n) is 1.18. The van der Waals surface area contributed by atoms with Crippen LogP contribution in [0, 0.1) is 0 Å². The first-order valence-corrected chi connectivity index (χ1v) is 3.75. The lowest BCUT2D eigenvalue weighted by atomic mass is 10.2. The summed E-state index contributed by atoms with van der Waals surface area (Å²) in [6.45, 7) is 0.369. The molecule has 0 aromatic rings. The number of hydrogen-bond acceptors (Lipinski definition) is 2. The fourth-order valence-corrected chi connectivity index (χ4v) is 1.18. The average molecular weight is 157 g/mol. The maximum Gasteiger partial charge on any atom is 0.414 e. The minimum Gasteiger partial charge on any atom is -0.465 e. The van der Waals surface area contributed by atoms with Crippen molar-refractivity contribution >= 4 is 12.0 Å². The van der Waals surface area contributed by atoms with E-state index in [1.165, 1.54) is 0 Å². The molecule has 0 aliphatic carbocycles. The first kappa shape index (κ1) is 8.04. The maximum absolute atomic E-state index is 11.0. The molecular weight excluding hydrogens is 146 g/mol. The van der Waals surface area contributed by atoms with Gasteiger partial charge in [0.15, 0.2) is 0 Å². The number of likely N-dealkylation sites (tertiary alicyclic amines) is 1. The molecule has 1 fully saturated rings. The average Bonchev–Trinajstić information content (AvgIpc) is 2.13. The highest BCUT2D eigenvalue weighted by Gasteiger charge is 2.21. The van der Waals surface area contributed by atoms with E-state index in [9.17, 15) is 9.59 Å². The minimum absolute atomic E-state index is 0.255. The van der Waals surface area contributed by atoms with Crippen molar-refractivity contribution in [3.63, 3.8) is 0 Å². The van der Waals surface area contributed by atoms with Crippen LogP contribution in [0.15, 0.2) is 0 Å². The second-order valence-electron chi connectivity index (χ2n) is 2.64. The number of amides is 2. The summed E-state index contributed by atoms with van der Waals surface area (Å²) in [5.74, 6) is -0.255. The molecule has 0 radical (unpaired) electrons. The molecule has 2 amide bonds. The quantitative estimate of drug-likeness (QED) is 0.572. The van der Waals surface area contributed by atoms with E-state index in [1.807, 2.05) is 0 Å². The molecule has 0 atom stereocenters. The molecule has 1 N–H and O–H groups in total. The second-order valence-corrected chi connectivity index (χ2v) is 2.64. The molecule has 11 heavy (non-hydrogen) atoms. The van der Waals surface area contributed by atoms with E-state index >= 15 is 0 Å². The van der Waals surface area contributed by atoms with Gasteiger partial charge in [0.1, 0.15) is 0 Å². The van der Waals surface area contributed by atoms with Crippen LogP contribution in [-0.2, 0) is 4.79 Å². The highest BCUT2D eigenvalue weighted by Crippen LogP contribution is 2.10. The zero-order valence-corrected chi connectivity index (χ0v) is 6.25. The molecule has 1 aliphatic rings. The zero-order chi connectivity index (χ0) is 8.27. The third-order valence-corrected chi connectivity index (χ3v) is 1.80. The van der Waals surface area contributed by atoms with Crippen molar-refractivity contribution in [1.29, 1.82) is 0 Å². The van der Waals surface area contributed by atoms with Crippen molar-refractivity contribution in [2.45, 2.75) is 25.7 Å². The van der Waals surface area contributed by atoms with E-state index in [2.05, 4.69) is 0 Å². The van der Waals surface area contributed by atoms with E-state index in [0.717, 1.165) is 24.2 Å². The Bertz CT molecular complexity index is 179. The molecule has 1 heterocycles. The van der Waals surface area contributed by atoms with Crippen LogP contribution in [0.3, 0.4) is 0 Å². The number of nitrogens with zero attached hydrogens (tertiary/aromatic N) is 1. The molecule has 62 valence electrons. The first-order valence-electron chi connectivity index (χ1n) is 3.75. The molecule has 0 aromatic carbocycles. The zero-order valence-electron chi connectivity index (χ0n) is 6.25. The minimum atomic E-state index is -1.11. The van der Waals surface area contributed by atoms with Crippen LogP contribution in [0.25, 0.3) is 0 Å². The van der Waals surface area contributed by atoms with E-state index in [-0.39, 0.29) is 5.91 Å². The van der Waals surface area contributed by atoms with Gasteiger partial charge in [-0.15, -0.1) is 0 Å². The van der Waals surface area contributed by atoms with Gasteiger partial charge >= 0.3 is 6.09 Å². The van der Waals surface area contributed by atoms with Crippen LogP contribution in [-0.4, -0.2) is 28.6 Å². The second kappa shape index (κ2) is 3.37. The maximum atomic E-state index is 11.0. The Kier molecular flexibility index (Phi) is 2.46. The molecule has 0 saturated carbocycles. The summed E-state index contributed by atoms with van der Waals surface area (Å²) >= 11 is 0. The Balaban J connectivity index is 2.59. The van der Waals surface area contributed by atoms with Crippen LogP contribution in [0.5, 0.6) is 0 Å². The summed E-state index contributed by atoms with van der Waals surface area (Å²) in [4.78, 5) is 22.3. The molecule has 1 rings (SSSR count). The summed E-state index contributed by atoms with van der Waals surface area (Å²) < 4.78 is 0. The third-order valence-electron chi connectivity index (χ3n) is 1.80. The Morgan fingerprint density at radius 3 is 2.73 bits per heavy atom. The smallest absolute Gasteiger partial charge is 0.414 e. The summed E-state index contributed by atoms with van der Waals surface area (Å²) in [6.07, 6.45) is 1.85. The van der Waals surface area contributed by atoms with Crippen molar-refractivity contribution < 1.29 is 14.7 Å². The lowest BCUT2D eigenvalue weighted by Gasteiger charge is -2.12. The molecule has 4 nitrogen and oxygen atoms in total. The number of hydrogen-bond donors (Lipinski definition) is 1. The Morgan fingerprint density at radius 2 is 2.09 bits per heavy atom. The van der Waals surface area contributed by atoms with E-state index in [0.29, 0.717) is 13.0 Å². The van der Waals surface area contributed by atoms with Crippen molar-refractivity contribution in [3.05, 3.63) is 0 Å². The summed E-state index contributed by atoms with van der Waals surface area (Å²) in [5, 5.41) is 8.54. The van der Waals surface area contributed by atoms with Gasteiger partial charge in [-0.25, -0.2) is 9.69 Å². The van der Waals surface area contributed by atoms with Gasteiger partial charge in [0.25, 0.3) is 0 Å². The SMILES string of the molecule is O=C(O)N1CCCCCC1=O. The molecule has 1 saturated heterocycles. The largest absolute Gasteiger partial charge is 0.465 e. The monoisotopic (exact) mass is 157 g/mol. The molecule has 4 heteroatoms. The van der Waals surface area contributed by atoms with Gasteiger partial charge in [-0.1, -0.05) is 6.42 Å². The lowest BCUT2D eigenvalue weighted by molar-refractivity contribution is -0.128. The molecule has 0 bridgehead atoms. The standard InChI is InChI=1S/C7H11NO3/c9-6-4-2-1-3-5-8(6)7(10)11/h1-5H2,(H,10,11). The Labute approximate surface area is 64.8 Å². The van der Waals surface area contributed by atoms with Crippen LogP contribution in [0.1, 0.15) is 25.7 Å². The lowest BCUT2D eigenvalue weighted by Crippen LogP contribution is -2.34. The van der Waals surface area contributed by atoms with Crippen molar-refractivity contribution in [2.75, 3.05) is 6.54 Å². The predicted octanol–water partition coefficient (Wildman–Crippen LogP) is 1.07. The highest BCUT2D eigenvalue weighted by atomic mass is 16.4. The summed E-state index contributed by atoms with van der Waals surface area (Å²) in [6, 6.07) is 0. The van der Waals surface area contributed by atoms with Gasteiger partial charge in [0, 0.05) is 13.0 Å². The number of carboxylic acid groups (broad SMARTS) is 1. The summed E-state index contributed by atoms with van der Waals surface area (Å²) in [5.41, 5.74) is 0. The van der Waals surface area contributed by atoms with Gasteiger partial charge in [-0.3, -0.25) is 4.79 Å². The molecule has 1 aliphatic heterocycles. The van der Waals surface area contributed by atoms with Gasteiger partial charge in [-0.2, -0.15) is 0 Å². The number of imide groups is 1. The third kappa shape index (κ3) is 1.93. The van der Waals surface area contributed by atoms with Gasteiger partial charge in [0.05, 0.1) is 0 Å². The molecule has 0 aromatic heterocycles. The van der Waals surface area contributed by atoms with Crippen LogP contribution in [0.2, 0.25) is 0 Å². The number of rotatable bonds is 0. The highest BCUT2D eigenvalue weighted by molar-refractivity contribution is 5.91. The van der Waals surface area contributed by atoms with Gasteiger partial charge < -0.3 is 5.11 Å². The van der Waals surface area contributed by atoms with E-state index in [1.54, 1.807) is 0 Å². The number of carbonyl (C=O) groups excluding carboxylic acids is 1. The van der Waals surface area contributed by atoms with Crippen LogP contribution in [0.4, 0.5) is 4.79 Å². The van der Waals surface area contributed by atoms with E-state index in [4.69, 9.17) is 5.11 Å². The van der Waals surface area contributed by atoms with Crippen molar-refractivity contribution in [1.82, 2.24) is 4.90 Å². The van der Waals surface area contributed by atoms with Crippen molar-refractivity contribution in [3.8, 4) is 0 Å². The molecule has 0 unspecified atom stereocenters. The van der Waals surface area contributed by atoms with E-state index < -0.39 is 6.09 Å². The molecule has 0 spiro atoms. The van der Waals surface area contributed by atoms with Crippen molar-refractivity contribution in [2.24, 2.45) is 0 Å². The number of carbonyl (C=O) groups is 2.